The van der Waals surface area contributed by atoms with E-state index in [-0.39, 0.29) is 16.9 Å². The largest absolute Gasteiger partial charge is 0.497 e. The minimum Gasteiger partial charge on any atom is -0.497 e. The van der Waals surface area contributed by atoms with E-state index in [4.69, 9.17) is 31.2 Å². The van der Waals surface area contributed by atoms with Crippen LogP contribution in [0.3, 0.4) is 0 Å². The van der Waals surface area contributed by atoms with Crippen molar-refractivity contribution in [2.45, 2.75) is 42.9 Å². The summed E-state index contributed by atoms with van der Waals surface area (Å²) in [4.78, 5) is 26.9. The molecule has 260 valence electrons. The zero-order chi connectivity index (χ0) is 35.5. The van der Waals surface area contributed by atoms with Crippen LogP contribution in [0.15, 0.2) is 89.9 Å². The second-order valence-corrected chi connectivity index (χ2v) is 11.7. The third-order valence-corrected chi connectivity index (χ3v) is 8.60. The van der Waals surface area contributed by atoms with Crippen molar-refractivity contribution in [1.82, 2.24) is 14.5 Å². The molecule has 1 aliphatic rings. The number of halogens is 3. The lowest BCUT2D eigenvalue weighted by Crippen LogP contribution is -2.40. The minimum absolute atomic E-state index is 0.230. The van der Waals surface area contributed by atoms with Crippen molar-refractivity contribution < 1.29 is 47.1 Å². The van der Waals surface area contributed by atoms with Gasteiger partial charge in [-0.1, -0.05) is 54.6 Å². The van der Waals surface area contributed by atoms with Gasteiger partial charge in [-0.05, 0) is 53.2 Å². The van der Waals surface area contributed by atoms with Crippen LogP contribution in [0.25, 0.3) is 0 Å². The number of carbonyl (C=O) groups is 1. The molecule has 1 aliphatic heterocycles. The lowest BCUT2D eigenvalue weighted by Gasteiger charge is -2.37. The molecule has 0 bridgehead atoms. The fourth-order valence-electron chi connectivity index (χ4n) is 5.75. The summed E-state index contributed by atoms with van der Waals surface area (Å²) < 4.78 is 63.4. The molecule has 3 N–H and O–H groups in total. The van der Waals surface area contributed by atoms with Crippen molar-refractivity contribution in [3.05, 3.63) is 122 Å². The highest BCUT2D eigenvalue weighted by molar-refractivity contribution is 7.71. The van der Waals surface area contributed by atoms with E-state index in [1.807, 2.05) is 54.6 Å². The molecular formula is C34H34F3N3O8S. The van der Waals surface area contributed by atoms with Gasteiger partial charge in [-0.3, -0.25) is 19.1 Å². The first-order chi connectivity index (χ1) is 23.3. The Morgan fingerprint density at radius 2 is 1.45 bits per heavy atom. The van der Waals surface area contributed by atoms with E-state index < -0.39 is 54.3 Å². The van der Waals surface area contributed by atoms with Gasteiger partial charge in [0.2, 0.25) is 0 Å². The number of aliphatic hydroxyl groups is 2. The van der Waals surface area contributed by atoms with Crippen molar-refractivity contribution in [3.8, 4) is 11.5 Å². The number of alkyl halides is 3. The Morgan fingerprint density at radius 1 is 0.918 bits per heavy atom. The van der Waals surface area contributed by atoms with Crippen LogP contribution in [0.2, 0.25) is 0 Å². The van der Waals surface area contributed by atoms with Crippen molar-refractivity contribution >= 4 is 18.1 Å². The molecular weight excluding hydrogens is 667 g/mol. The average Bonchev–Trinajstić information content (AvgIpc) is 3.38. The molecule has 1 aromatic heterocycles. The highest BCUT2D eigenvalue weighted by Crippen LogP contribution is 2.43. The summed E-state index contributed by atoms with van der Waals surface area (Å²) >= 11 is 5.27. The standard InChI is InChI=1S/C34H34F3N3O8S/c1-39(31(44)34(35,36)37)17-20-18-40(32(49)38-29(20)43)30-28(42)27(41)26(48-30)19-47-33(21-7-5-4-6-8-21,22-9-13-24(45-2)14-10-22)23-11-15-25(46-3)16-12-23/h4-16,18,26-28,30,41-42H,17,19H2,1-3H3,(H,38,43,49)/t26-,27-,28-,30-/m1/s1. The second kappa shape index (κ2) is 14.5. The molecule has 49 heavy (non-hydrogen) atoms. The SMILES string of the molecule is COc1ccc(C(OC[C@H]2O[C@@H](n3cc(CN(C)C(=O)C(F)(F)F)c(=O)[nH]c3=S)[C@H](O)[C@@H]2O)(c2ccccc2)c2ccc(OC)cc2)cc1. The Balaban J connectivity index is 1.50. The maximum atomic E-state index is 13.0. The maximum Gasteiger partial charge on any atom is 0.471 e. The van der Waals surface area contributed by atoms with Crippen LogP contribution in [0.5, 0.6) is 11.5 Å². The van der Waals surface area contributed by atoms with Crippen LogP contribution >= 0.6 is 12.2 Å². The molecule has 15 heteroatoms. The molecule has 0 saturated carbocycles. The summed E-state index contributed by atoms with van der Waals surface area (Å²) in [6, 6.07) is 23.9. The number of H-pyrrole nitrogens is 1. The quantitative estimate of drug-likeness (QED) is 0.156. The lowest BCUT2D eigenvalue weighted by molar-refractivity contribution is -0.184. The Bertz CT molecular complexity index is 1820. The number of nitrogens with one attached hydrogen (secondary N) is 1. The maximum absolute atomic E-state index is 13.0. The normalized spacial score (nSPS) is 19.4. The first kappa shape index (κ1) is 35.8. The number of methoxy groups -OCH3 is 2. The van der Waals surface area contributed by atoms with Crippen LogP contribution in [-0.2, 0) is 26.4 Å². The molecule has 0 radical (unpaired) electrons. The molecule has 1 amide bonds. The lowest BCUT2D eigenvalue weighted by atomic mass is 9.80. The number of aromatic nitrogens is 2. The van der Waals surface area contributed by atoms with Gasteiger partial charge in [0.1, 0.15) is 35.4 Å². The summed E-state index contributed by atoms with van der Waals surface area (Å²) in [6.45, 7) is -0.988. The fourth-order valence-corrected chi connectivity index (χ4v) is 6.00. The van der Waals surface area contributed by atoms with E-state index in [1.54, 1.807) is 38.5 Å². The monoisotopic (exact) mass is 701 g/mol. The first-order valence-electron chi connectivity index (χ1n) is 15.0. The van der Waals surface area contributed by atoms with Crippen LogP contribution in [0.4, 0.5) is 13.2 Å². The number of nitrogens with zero attached hydrogens (tertiary/aromatic N) is 2. The molecule has 3 aromatic carbocycles. The molecule has 1 saturated heterocycles. The van der Waals surface area contributed by atoms with Gasteiger partial charge in [0.05, 0.1) is 32.9 Å². The van der Waals surface area contributed by atoms with Crippen molar-refractivity contribution in [1.29, 1.82) is 0 Å². The highest BCUT2D eigenvalue weighted by Gasteiger charge is 2.47. The Hall–Kier alpha value is -4.54. The predicted octanol–water partition coefficient (Wildman–Crippen LogP) is 4.07. The van der Waals surface area contributed by atoms with Gasteiger partial charge in [0.15, 0.2) is 11.0 Å². The van der Waals surface area contributed by atoms with Gasteiger partial charge in [-0.15, -0.1) is 0 Å². The highest BCUT2D eigenvalue weighted by atomic mass is 32.1. The molecule has 1 fully saturated rings. The predicted molar refractivity (Wildman–Crippen MR) is 173 cm³/mol. The molecule has 0 spiro atoms. The van der Waals surface area contributed by atoms with Gasteiger partial charge in [-0.25, -0.2) is 0 Å². The van der Waals surface area contributed by atoms with Gasteiger partial charge in [-0.2, -0.15) is 13.2 Å². The Labute approximate surface area is 284 Å². The van der Waals surface area contributed by atoms with Crippen molar-refractivity contribution in [3.63, 3.8) is 0 Å². The van der Waals surface area contributed by atoms with E-state index >= 15 is 0 Å². The van der Waals surface area contributed by atoms with Crippen LogP contribution in [-0.4, -0.2) is 82.9 Å². The second-order valence-electron chi connectivity index (χ2n) is 11.3. The first-order valence-corrected chi connectivity index (χ1v) is 15.4. The van der Waals surface area contributed by atoms with Gasteiger partial charge < -0.3 is 34.1 Å². The zero-order valence-corrected chi connectivity index (χ0v) is 27.4. The van der Waals surface area contributed by atoms with Crippen molar-refractivity contribution in [2.75, 3.05) is 27.9 Å². The average molecular weight is 702 g/mol. The number of ether oxygens (including phenoxy) is 4. The molecule has 0 aliphatic carbocycles. The molecule has 2 heterocycles. The number of aliphatic hydroxyl groups excluding tert-OH is 2. The molecule has 4 atom stereocenters. The zero-order valence-electron chi connectivity index (χ0n) is 26.6. The summed E-state index contributed by atoms with van der Waals surface area (Å²) in [5.74, 6) is -0.917. The molecule has 5 rings (SSSR count). The van der Waals surface area contributed by atoms with Gasteiger partial charge in [0.25, 0.3) is 5.56 Å². The Kier molecular flexibility index (Phi) is 10.6. The molecule has 11 nitrogen and oxygen atoms in total. The number of carbonyl (C=O) groups excluding carboxylic acids is 1. The van der Waals surface area contributed by atoms with E-state index in [1.165, 1.54) is 0 Å². The van der Waals surface area contributed by atoms with E-state index in [0.717, 1.165) is 23.4 Å². The van der Waals surface area contributed by atoms with Crippen LogP contribution in [0.1, 0.15) is 28.5 Å². The van der Waals surface area contributed by atoms with Gasteiger partial charge >= 0.3 is 12.1 Å². The molecule has 4 aromatic rings. The van der Waals surface area contributed by atoms with Gasteiger partial charge in [0, 0.05) is 13.2 Å². The summed E-state index contributed by atoms with van der Waals surface area (Å²) in [7, 11) is 4.00. The minimum atomic E-state index is -5.15. The number of amides is 1. The number of aromatic amines is 1. The van der Waals surface area contributed by atoms with Crippen LogP contribution < -0.4 is 15.0 Å². The number of hydrogen-bond donors (Lipinski definition) is 3. The number of benzene rings is 3. The van der Waals surface area contributed by atoms with E-state index in [0.29, 0.717) is 27.5 Å². The summed E-state index contributed by atoms with van der Waals surface area (Å²) in [6.07, 6.45) is -9.69. The number of rotatable bonds is 11. The number of hydrogen-bond acceptors (Lipinski definition) is 9. The Morgan fingerprint density at radius 3 is 1.96 bits per heavy atom. The fraction of sp³-hybridized carbons (Fsp3) is 0.324. The topological polar surface area (TPSA) is 135 Å². The van der Waals surface area contributed by atoms with E-state index in [9.17, 15) is 33.0 Å². The van der Waals surface area contributed by atoms with E-state index in [2.05, 4.69) is 4.98 Å². The summed E-state index contributed by atoms with van der Waals surface area (Å²) in [5, 5.41) is 22.3. The summed E-state index contributed by atoms with van der Waals surface area (Å²) in [5.41, 5.74) is -0.217. The third kappa shape index (κ3) is 7.26. The smallest absolute Gasteiger partial charge is 0.471 e. The molecule has 0 unspecified atom stereocenters. The third-order valence-electron chi connectivity index (χ3n) is 8.29. The van der Waals surface area contributed by atoms with Crippen LogP contribution in [0, 0.1) is 4.77 Å². The van der Waals surface area contributed by atoms with Crippen molar-refractivity contribution in [2.24, 2.45) is 0 Å².